The molecule has 1 heterocycles. The summed E-state index contributed by atoms with van der Waals surface area (Å²) in [5.74, 6) is 0. The van der Waals surface area contributed by atoms with Crippen molar-refractivity contribution in [3.63, 3.8) is 0 Å². The molecule has 0 aliphatic heterocycles. The Hall–Kier alpha value is -6.64. The van der Waals surface area contributed by atoms with Crippen molar-refractivity contribution in [2.75, 3.05) is 4.90 Å². The van der Waals surface area contributed by atoms with Crippen molar-refractivity contribution in [2.45, 2.75) is 0 Å². The van der Waals surface area contributed by atoms with Gasteiger partial charge in [0.25, 0.3) is 0 Å². The van der Waals surface area contributed by atoms with E-state index in [1.807, 2.05) is 12.1 Å². The van der Waals surface area contributed by atoms with Gasteiger partial charge in [-0.05, 0) is 103 Å². The fourth-order valence-corrected chi connectivity index (χ4v) is 7.65. The number of para-hydroxylation sites is 1. The van der Waals surface area contributed by atoms with Gasteiger partial charge in [0, 0.05) is 27.8 Å². The summed E-state index contributed by atoms with van der Waals surface area (Å²) >= 11 is 0. The van der Waals surface area contributed by atoms with E-state index in [1.165, 1.54) is 49.0 Å². The van der Waals surface area contributed by atoms with Crippen molar-refractivity contribution in [3.8, 4) is 22.3 Å². The van der Waals surface area contributed by atoms with Gasteiger partial charge in [-0.2, -0.15) is 0 Å². The quantitative estimate of drug-likeness (QED) is 0.175. The zero-order chi connectivity index (χ0) is 33.0. The van der Waals surface area contributed by atoms with Crippen molar-refractivity contribution >= 4 is 71.3 Å². The molecule has 2 heteroatoms. The summed E-state index contributed by atoms with van der Waals surface area (Å²) in [6.07, 6.45) is 0. The average molecular weight is 638 g/mol. The van der Waals surface area contributed by atoms with Crippen LogP contribution in [0.5, 0.6) is 0 Å². The highest BCUT2D eigenvalue weighted by Crippen LogP contribution is 2.41. The first kappa shape index (κ1) is 28.4. The molecule has 10 aromatic rings. The molecule has 0 aliphatic rings. The van der Waals surface area contributed by atoms with E-state index < -0.39 is 0 Å². The van der Waals surface area contributed by atoms with Crippen LogP contribution < -0.4 is 4.90 Å². The predicted molar refractivity (Wildman–Crippen MR) is 212 cm³/mol. The Labute approximate surface area is 290 Å². The number of furan rings is 1. The Morgan fingerprint density at radius 3 is 1.58 bits per heavy atom. The summed E-state index contributed by atoms with van der Waals surface area (Å²) in [4.78, 5) is 2.37. The molecule has 0 aliphatic carbocycles. The summed E-state index contributed by atoms with van der Waals surface area (Å²) < 4.78 is 6.21. The molecule has 1 aromatic heterocycles. The van der Waals surface area contributed by atoms with Crippen LogP contribution in [-0.4, -0.2) is 0 Å². The average Bonchev–Trinajstić information content (AvgIpc) is 3.57. The molecule has 0 bridgehead atoms. The molecule has 0 spiro atoms. The Balaban J connectivity index is 1.12. The van der Waals surface area contributed by atoms with E-state index in [9.17, 15) is 0 Å². The molecular weight excluding hydrogens is 607 g/mol. The largest absolute Gasteiger partial charge is 0.456 e. The lowest BCUT2D eigenvalue weighted by atomic mass is 9.97. The highest BCUT2D eigenvalue weighted by molar-refractivity contribution is 6.12. The smallest absolute Gasteiger partial charge is 0.136 e. The third kappa shape index (κ3) is 4.65. The van der Waals surface area contributed by atoms with Crippen molar-refractivity contribution in [1.82, 2.24) is 0 Å². The second kappa shape index (κ2) is 11.5. The lowest BCUT2D eigenvalue weighted by Gasteiger charge is -2.26. The number of hydrogen-bond acceptors (Lipinski definition) is 2. The molecule has 0 radical (unpaired) electrons. The first-order valence-corrected chi connectivity index (χ1v) is 17.1. The molecule has 0 fully saturated rings. The van der Waals surface area contributed by atoms with Crippen LogP contribution in [0.3, 0.4) is 0 Å². The van der Waals surface area contributed by atoms with Gasteiger partial charge in [-0.3, -0.25) is 0 Å². The lowest BCUT2D eigenvalue weighted by molar-refractivity contribution is 0.669. The number of benzene rings is 9. The molecule has 0 N–H and O–H groups in total. The molecule has 50 heavy (non-hydrogen) atoms. The summed E-state index contributed by atoms with van der Waals surface area (Å²) in [5.41, 5.74) is 9.89. The van der Waals surface area contributed by atoms with E-state index in [0.29, 0.717) is 0 Å². The second-order valence-electron chi connectivity index (χ2n) is 12.9. The summed E-state index contributed by atoms with van der Waals surface area (Å²) in [7, 11) is 0. The maximum absolute atomic E-state index is 6.21. The van der Waals surface area contributed by atoms with E-state index in [2.05, 4.69) is 181 Å². The molecule has 0 saturated carbocycles. The van der Waals surface area contributed by atoms with E-state index in [0.717, 1.165) is 44.6 Å². The van der Waals surface area contributed by atoms with Crippen LogP contribution in [0.25, 0.3) is 76.5 Å². The van der Waals surface area contributed by atoms with Crippen molar-refractivity contribution < 1.29 is 4.42 Å². The third-order valence-corrected chi connectivity index (χ3v) is 10.1. The van der Waals surface area contributed by atoms with Crippen LogP contribution in [0.1, 0.15) is 0 Å². The van der Waals surface area contributed by atoms with Gasteiger partial charge in [-0.15, -0.1) is 0 Å². The van der Waals surface area contributed by atoms with E-state index in [-0.39, 0.29) is 0 Å². The standard InChI is InChI=1S/C48H31NO/c1-3-12-40-32(9-1)11-7-15-41(40)34-21-26-37(27-22-34)49(39-30-25-36-20-19-33-10-2-4-13-42(33)45(36)31-39)38-28-23-35(24-29-38)43-16-8-18-47-48(43)44-14-5-6-17-46(44)50-47/h1-31H. The Bertz CT molecular complexity index is 2860. The zero-order valence-corrected chi connectivity index (χ0v) is 27.3. The van der Waals surface area contributed by atoms with Crippen molar-refractivity contribution in [3.05, 3.63) is 188 Å². The summed E-state index contributed by atoms with van der Waals surface area (Å²) in [5, 5.41) is 9.77. The van der Waals surface area contributed by atoms with Crippen LogP contribution in [0, 0.1) is 0 Å². The highest BCUT2D eigenvalue weighted by atomic mass is 16.3. The number of rotatable bonds is 5. The normalized spacial score (nSPS) is 11.6. The van der Waals surface area contributed by atoms with Gasteiger partial charge in [0.15, 0.2) is 0 Å². The van der Waals surface area contributed by atoms with E-state index in [4.69, 9.17) is 4.42 Å². The van der Waals surface area contributed by atoms with Crippen LogP contribution in [-0.2, 0) is 0 Å². The molecule has 10 rings (SSSR count). The Kier molecular flexibility index (Phi) is 6.53. The summed E-state index contributed by atoms with van der Waals surface area (Å²) in [6, 6.07) is 67.6. The maximum Gasteiger partial charge on any atom is 0.136 e. The number of fused-ring (bicyclic) bond motifs is 7. The first-order valence-electron chi connectivity index (χ1n) is 17.1. The molecular formula is C48H31NO. The van der Waals surface area contributed by atoms with Crippen molar-refractivity contribution in [2.24, 2.45) is 0 Å². The molecule has 9 aromatic carbocycles. The molecule has 0 unspecified atom stereocenters. The fourth-order valence-electron chi connectivity index (χ4n) is 7.65. The molecule has 234 valence electrons. The van der Waals surface area contributed by atoms with Gasteiger partial charge in [0.05, 0.1) is 0 Å². The third-order valence-electron chi connectivity index (χ3n) is 10.1. The molecule has 0 atom stereocenters. The monoisotopic (exact) mass is 637 g/mol. The molecule has 0 saturated heterocycles. The second-order valence-corrected chi connectivity index (χ2v) is 12.9. The van der Waals surface area contributed by atoms with E-state index >= 15 is 0 Å². The fraction of sp³-hybridized carbons (Fsp3) is 0. The van der Waals surface area contributed by atoms with Gasteiger partial charge >= 0.3 is 0 Å². The molecule has 2 nitrogen and oxygen atoms in total. The predicted octanol–water partition coefficient (Wildman–Crippen LogP) is 13.8. The van der Waals surface area contributed by atoms with Gasteiger partial charge < -0.3 is 9.32 Å². The highest BCUT2D eigenvalue weighted by Gasteiger charge is 2.17. The van der Waals surface area contributed by atoms with Crippen molar-refractivity contribution in [1.29, 1.82) is 0 Å². The lowest BCUT2D eigenvalue weighted by Crippen LogP contribution is -2.10. The van der Waals surface area contributed by atoms with Gasteiger partial charge in [0.1, 0.15) is 11.2 Å². The minimum absolute atomic E-state index is 0.907. The SMILES string of the molecule is c1ccc2c(-c3ccc(N(c4ccc(-c5cccc6oc7ccccc7c56)cc4)c4ccc5ccc6ccccc6c5c4)cc3)cccc2c1. The molecule has 0 amide bonds. The van der Waals surface area contributed by atoms with Gasteiger partial charge in [-0.25, -0.2) is 0 Å². The van der Waals surface area contributed by atoms with Crippen LogP contribution in [0.4, 0.5) is 17.1 Å². The van der Waals surface area contributed by atoms with E-state index in [1.54, 1.807) is 0 Å². The summed E-state index contributed by atoms with van der Waals surface area (Å²) in [6.45, 7) is 0. The number of nitrogens with zero attached hydrogens (tertiary/aromatic N) is 1. The van der Waals surface area contributed by atoms with Crippen LogP contribution in [0.2, 0.25) is 0 Å². The minimum Gasteiger partial charge on any atom is -0.456 e. The Morgan fingerprint density at radius 2 is 0.820 bits per heavy atom. The van der Waals surface area contributed by atoms with Crippen LogP contribution in [0.15, 0.2) is 192 Å². The Morgan fingerprint density at radius 1 is 0.320 bits per heavy atom. The minimum atomic E-state index is 0.907. The zero-order valence-electron chi connectivity index (χ0n) is 27.3. The topological polar surface area (TPSA) is 16.4 Å². The maximum atomic E-state index is 6.21. The number of hydrogen-bond donors (Lipinski definition) is 0. The number of anilines is 3. The first-order chi connectivity index (χ1) is 24.8. The van der Waals surface area contributed by atoms with Crippen LogP contribution >= 0.6 is 0 Å². The van der Waals surface area contributed by atoms with Gasteiger partial charge in [0.2, 0.25) is 0 Å². The van der Waals surface area contributed by atoms with Gasteiger partial charge in [-0.1, -0.05) is 140 Å².